The minimum absolute atomic E-state index is 0.570. The quantitative estimate of drug-likeness (QED) is 0.783. The van der Waals surface area contributed by atoms with E-state index in [1.807, 2.05) is 0 Å². The van der Waals surface area contributed by atoms with Gasteiger partial charge in [-0.2, -0.15) is 0 Å². The molecule has 1 aliphatic rings. The van der Waals surface area contributed by atoms with Crippen LogP contribution < -0.4 is 15.0 Å². The van der Waals surface area contributed by atoms with Crippen LogP contribution in [0.15, 0.2) is 18.2 Å². The molecule has 1 aliphatic heterocycles. The highest BCUT2D eigenvalue weighted by Crippen LogP contribution is 2.29. The van der Waals surface area contributed by atoms with Gasteiger partial charge in [-0.15, -0.1) is 0 Å². The number of hydrogen-bond donors (Lipinski definition) is 1. The maximum Gasteiger partial charge on any atom is 0.142 e. The van der Waals surface area contributed by atoms with Crippen LogP contribution in [0.3, 0.4) is 0 Å². The minimum Gasteiger partial charge on any atom is -0.489 e. The van der Waals surface area contributed by atoms with E-state index in [1.54, 1.807) is 0 Å². The zero-order chi connectivity index (χ0) is 15.1. The normalized spacial score (nSPS) is 15.5. The first-order valence-electron chi connectivity index (χ1n) is 7.93. The number of rotatable bonds is 7. The van der Waals surface area contributed by atoms with Gasteiger partial charge in [0.25, 0.3) is 0 Å². The summed E-state index contributed by atoms with van der Waals surface area (Å²) in [6.07, 6.45) is 0. The molecular weight excluding hydrogens is 264 g/mol. The van der Waals surface area contributed by atoms with Gasteiger partial charge in [-0.1, -0.05) is 19.9 Å². The number of aryl methyl sites for hydroxylation is 1. The Bertz CT molecular complexity index is 429. The Hall–Kier alpha value is -1.26. The summed E-state index contributed by atoms with van der Waals surface area (Å²) in [6, 6.07) is 6.40. The Morgan fingerprint density at radius 1 is 1.19 bits per heavy atom. The average molecular weight is 292 g/mol. The smallest absolute Gasteiger partial charge is 0.142 e. The number of benzene rings is 1. The van der Waals surface area contributed by atoms with Crippen LogP contribution in [-0.4, -0.2) is 46.0 Å². The van der Waals surface area contributed by atoms with Crippen molar-refractivity contribution in [2.45, 2.75) is 20.8 Å². The third-order valence-corrected chi connectivity index (χ3v) is 3.51. The van der Waals surface area contributed by atoms with E-state index in [0.29, 0.717) is 19.1 Å². The topological polar surface area (TPSA) is 33.7 Å². The molecule has 0 atom stereocenters. The number of nitrogens with zero attached hydrogens (tertiary/aromatic N) is 1. The Labute approximate surface area is 128 Å². The number of nitrogens with one attached hydrogen (secondary N) is 1. The third kappa shape index (κ3) is 5.21. The van der Waals surface area contributed by atoms with Gasteiger partial charge in [0.15, 0.2) is 0 Å². The predicted molar refractivity (Wildman–Crippen MR) is 87.4 cm³/mol. The van der Waals surface area contributed by atoms with Gasteiger partial charge in [-0.3, -0.25) is 0 Å². The highest BCUT2D eigenvalue weighted by atomic mass is 16.5. The van der Waals surface area contributed by atoms with Crippen molar-refractivity contribution >= 4 is 5.69 Å². The van der Waals surface area contributed by atoms with Crippen LogP contribution in [0.25, 0.3) is 0 Å². The zero-order valence-corrected chi connectivity index (χ0v) is 13.5. The van der Waals surface area contributed by atoms with Crippen LogP contribution in [0, 0.1) is 12.8 Å². The standard InChI is InChI=1S/C17H28N2O2/c1-14(2)13-20-10-11-21-17-5-4-15(3)12-16(17)19-8-6-18-7-9-19/h4-5,12,14,18H,6-11,13H2,1-3H3. The summed E-state index contributed by atoms with van der Waals surface area (Å²) in [4.78, 5) is 2.40. The van der Waals surface area contributed by atoms with Gasteiger partial charge in [0.2, 0.25) is 0 Å². The van der Waals surface area contributed by atoms with Gasteiger partial charge in [0.1, 0.15) is 12.4 Å². The third-order valence-electron chi connectivity index (χ3n) is 3.51. The molecule has 118 valence electrons. The van der Waals surface area contributed by atoms with Crippen molar-refractivity contribution in [1.82, 2.24) is 5.32 Å². The van der Waals surface area contributed by atoms with E-state index in [4.69, 9.17) is 9.47 Å². The van der Waals surface area contributed by atoms with Crippen LogP contribution in [0.5, 0.6) is 5.75 Å². The first-order valence-corrected chi connectivity index (χ1v) is 7.93. The molecule has 0 bridgehead atoms. The van der Waals surface area contributed by atoms with E-state index in [-0.39, 0.29) is 0 Å². The fourth-order valence-electron chi connectivity index (χ4n) is 2.43. The highest BCUT2D eigenvalue weighted by molar-refractivity contribution is 5.60. The molecule has 0 unspecified atom stereocenters. The van der Waals surface area contributed by atoms with Gasteiger partial charge in [-0.05, 0) is 30.5 Å². The molecule has 0 aromatic heterocycles. The van der Waals surface area contributed by atoms with E-state index in [0.717, 1.165) is 38.5 Å². The molecule has 0 radical (unpaired) electrons. The lowest BCUT2D eigenvalue weighted by Crippen LogP contribution is -2.43. The molecule has 0 amide bonds. The summed E-state index contributed by atoms with van der Waals surface area (Å²) in [7, 11) is 0. The SMILES string of the molecule is Cc1ccc(OCCOCC(C)C)c(N2CCNCC2)c1. The molecule has 4 nitrogen and oxygen atoms in total. The van der Waals surface area contributed by atoms with E-state index in [9.17, 15) is 0 Å². The van der Waals surface area contributed by atoms with Gasteiger partial charge in [0.05, 0.1) is 12.3 Å². The molecule has 0 spiro atoms. The summed E-state index contributed by atoms with van der Waals surface area (Å²) < 4.78 is 11.5. The van der Waals surface area contributed by atoms with Crippen molar-refractivity contribution in [3.63, 3.8) is 0 Å². The number of piperazine rings is 1. The lowest BCUT2D eigenvalue weighted by Gasteiger charge is -2.31. The Morgan fingerprint density at radius 2 is 1.95 bits per heavy atom. The van der Waals surface area contributed by atoms with E-state index >= 15 is 0 Å². The Morgan fingerprint density at radius 3 is 2.67 bits per heavy atom. The van der Waals surface area contributed by atoms with Crippen LogP contribution >= 0.6 is 0 Å². The molecule has 1 aromatic carbocycles. The number of ether oxygens (including phenoxy) is 2. The maximum absolute atomic E-state index is 5.94. The molecule has 1 heterocycles. The summed E-state index contributed by atoms with van der Waals surface area (Å²) >= 11 is 0. The lowest BCUT2D eigenvalue weighted by atomic mass is 10.1. The number of anilines is 1. The zero-order valence-electron chi connectivity index (χ0n) is 13.5. The molecule has 1 saturated heterocycles. The second-order valence-corrected chi connectivity index (χ2v) is 6.03. The Kier molecular flexibility index (Phi) is 6.33. The monoisotopic (exact) mass is 292 g/mol. The molecule has 2 rings (SSSR count). The van der Waals surface area contributed by atoms with Crippen LogP contribution in [0.2, 0.25) is 0 Å². The first kappa shape index (κ1) is 16.1. The van der Waals surface area contributed by atoms with Crippen LogP contribution in [-0.2, 0) is 4.74 Å². The first-order chi connectivity index (χ1) is 10.2. The van der Waals surface area contributed by atoms with Crippen molar-refractivity contribution in [3.8, 4) is 5.75 Å². The molecule has 1 fully saturated rings. The maximum atomic E-state index is 5.94. The van der Waals surface area contributed by atoms with Gasteiger partial charge < -0.3 is 19.7 Å². The second-order valence-electron chi connectivity index (χ2n) is 6.03. The Balaban J connectivity index is 1.91. The van der Waals surface area contributed by atoms with Crippen molar-refractivity contribution in [2.75, 3.05) is 50.9 Å². The largest absolute Gasteiger partial charge is 0.489 e. The molecular formula is C17H28N2O2. The molecule has 1 aromatic rings. The molecule has 21 heavy (non-hydrogen) atoms. The fraction of sp³-hybridized carbons (Fsp3) is 0.647. The van der Waals surface area contributed by atoms with Gasteiger partial charge in [0, 0.05) is 32.8 Å². The van der Waals surface area contributed by atoms with Crippen LogP contribution in [0.4, 0.5) is 5.69 Å². The summed E-state index contributed by atoms with van der Waals surface area (Å²) in [6.45, 7) is 12.6. The second kappa shape index (κ2) is 8.25. The van der Waals surface area contributed by atoms with E-state index in [1.165, 1.54) is 11.3 Å². The van der Waals surface area contributed by atoms with Gasteiger partial charge >= 0.3 is 0 Å². The van der Waals surface area contributed by atoms with Crippen LogP contribution in [0.1, 0.15) is 19.4 Å². The van der Waals surface area contributed by atoms with E-state index in [2.05, 4.69) is 49.2 Å². The number of hydrogen-bond acceptors (Lipinski definition) is 4. The van der Waals surface area contributed by atoms with Crippen molar-refractivity contribution < 1.29 is 9.47 Å². The average Bonchev–Trinajstić information content (AvgIpc) is 2.49. The summed E-state index contributed by atoms with van der Waals surface area (Å²) in [5.41, 5.74) is 2.48. The molecule has 0 saturated carbocycles. The minimum atomic E-state index is 0.570. The van der Waals surface area contributed by atoms with Crippen molar-refractivity contribution in [1.29, 1.82) is 0 Å². The molecule has 0 aliphatic carbocycles. The van der Waals surface area contributed by atoms with Crippen molar-refractivity contribution in [3.05, 3.63) is 23.8 Å². The highest BCUT2D eigenvalue weighted by Gasteiger charge is 2.15. The fourth-order valence-corrected chi connectivity index (χ4v) is 2.43. The van der Waals surface area contributed by atoms with Crippen molar-refractivity contribution in [2.24, 2.45) is 5.92 Å². The summed E-state index contributed by atoms with van der Waals surface area (Å²) in [5, 5.41) is 3.39. The lowest BCUT2D eigenvalue weighted by molar-refractivity contribution is 0.0820. The van der Waals surface area contributed by atoms with E-state index < -0.39 is 0 Å². The predicted octanol–water partition coefficient (Wildman–Crippen LogP) is 2.46. The molecule has 1 N–H and O–H groups in total. The van der Waals surface area contributed by atoms with Gasteiger partial charge in [-0.25, -0.2) is 0 Å². The summed E-state index contributed by atoms with van der Waals surface area (Å²) in [5.74, 6) is 1.54. The molecule has 4 heteroatoms.